The van der Waals surface area contributed by atoms with Gasteiger partial charge in [0.25, 0.3) is 5.91 Å². The van der Waals surface area contributed by atoms with Gasteiger partial charge in [-0.3, -0.25) is 9.59 Å². The molecule has 0 saturated carbocycles. The summed E-state index contributed by atoms with van der Waals surface area (Å²) >= 11 is 1.27. The topological polar surface area (TPSA) is 72.2 Å². The third kappa shape index (κ3) is 3.14. The van der Waals surface area contributed by atoms with Crippen LogP contribution in [0.2, 0.25) is 0 Å². The molecule has 2 heterocycles. The molecule has 0 bridgehead atoms. The first-order valence-corrected chi connectivity index (χ1v) is 8.23. The van der Waals surface area contributed by atoms with Crippen LogP contribution in [0.4, 0.5) is 5.69 Å². The molecule has 1 amide bonds. The van der Waals surface area contributed by atoms with E-state index in [0.29, 0.717) is 32.6 Å². The van der Waals surface area contributed by atoms with Gasteiger partial charge in [-0.1, -0.05) is 12.1 Å². The van der Waals surface area contributed by atoms with Gasteiger partial charge in [0, 0.05) is 5.56 Å². The Morgan fingerprint density at radius 3 is 2.54 bits per heavy atom. The maximum Gasteiger partial charge on any atom is 0.267 e. The molecule has 3 aromatic rings. The van der Waals surface area contributed by atoms with Crippen molar-refractivity contribution in [2.24, 2.45) is 0 Å². The van der Waals surface area contributed by atoms with E-state index in [1.807, 2.05) is 19.1 Å². The van der Waals surface area contributed by atoms with Crippen LogP contribution in [0.5, 0.6) is 0 Å². The SMILES string of the molecule is CC(=O)c1ccccc1NC(=O)c1sc(-c2ccc(C)o2)nc1C. The highest BCUT2D eigenvalue weighted by Crippen LogP contribution is 2.30. The number of thiazole rings is 1. The molecular formula is C18H16N2O3S. The van der Waals surface area contributed by atoms with E-state index in [0.717, 1.165) is 5.76 Å². The van der Waals surface area contributed by atoms with E-state index in [2.05, 4.69) is 10.3 Å². The molecule has 2 aromatic heterocycles. The summed E-state index contributed by atoms with van der Waals surface area (Å²) in [6.45, 7) is 5.11. The van der Waals surface area contributed by atoms with Crippen LogP contribution in [0.25, 0.3) is 10.8 Å². The number of amides is 1. The number of nitrogens with one attached hydrogen (secondary N) is 1. The minimum Gasteiger partial charge on any atom is -0.459 e. The molecule has 1 N–H and O–H groups in total. The van der Waals surface area contributed by atoms with Crippen LogP contribution in [0.15, 0.2) is 40.8 Å². The van der Waals surface area contributed by atoms with E-state index in [1.54, 1.807) is 31.2 Å². The van der Waals surface area contributed by atoms with Crippen LogP contribution in [-0.4, -0.2) is 16.7 Å². The van der Waals surface area contributed by atoms with Crippen molar-refractivity contribution in [3.63, 3.8) is 0 Å². The quantitative estimate of drug-likeness (QED) is 0.711. The van der Waals surface area contributed by atoms with E-state index < -0.39 is 0 Å². The number of carbonyl (C=O) groups excluding carboxylic acids is 2. The Hall–Kier alpha value is -2.73. The highest BCUT2D eigenvalue weighted by Gasteiger charge is 2.19. The zero-order valence-corrected chi connectivity index (χ0v) is 14.4. The van der Waals surface area contributed by atoms with E-state index in [4.69, 9.17) is 4.42 Å². The summed E-state index contributed by atoms with van der Waals surface area (Å²) in [6, 6.07) is 10.6. The fraction of sp³-hybridized carbons (Fsp3) is 0.167. The molecule has 0 aliphatic carbocycles. The number of aryl methyl sites for hydroxylation is 2. The summed E-state index contributed by atoms with van der Waals surface area (Å²) in [5, 5.41) is 3.46. The number of hydrogen-bond acceptors (Lipinski definition) is 5. The van der Waals surface area contributed by atoms with Crippen LogP contribution in [0, 0.1) is 13.8 Å². The summed E-state index contributed by atoms with van der Waals surface area (Å²) in [7, 11) is 0. The van der Waals surface area contributed by atoms with Crippen molar-refractivity contribution in [3.8, 4) is 10.8 Å². The second-order valence-corrected chi connectivity index (χ2v) is 6.40. The van der Waals surface area contributed by atoms with Crippen molar-refractivity contribution in [3.05, 3.63) is 58.3 Å². The van der Waals surface area contributed by atoms with Crippen LogP contribution in [0.1, 0.15) is 38.4 Å². The van der Waals surface area contributed by atoms with Crippen molar-refractivity contribution in [1.29, 1.82) is 0 Å². The number of aromatic nitrogens is 1. The first-order chi connectivity index (χ1) is 11.5. The molecule has 5 nitrogen and oxygen atoms in total. The standard InChI is InChI=1S/C18H16N2O3S/c1-10-8-9-15(23-10)18-19-11(2)16(24-18)17(22)20-14-7-5-4-6-13(14)12(3)21/h4-9H,1-3H3,(H,20,22). The minimum atomic E-state index is -0.284. The lowest BCUT2D eigenvalue weighted by molar-refractivity contribution is 0.101. The number of ketones is 1. The Morgan fingerprint density at radius 2 is 1.88 bits per heavy atom. The van der Waals surface area contributed by atoms with E-state index >= 15 is 0 Å². The summed E-state index contributed by atoms with van der Waals surface area (Å²) in [5.41, 5.74) is 1.61. The number of para-hydroxylation sites is 1. The van der Waals surface area contributed by atoms with Gasteiger partial charge in [-0.25, -0.2) is 4.98 Å². The van der Waals surface area contributed by atoms with Crippen LogP contribution in [-0.2, 0) is 0 Å². The first kappa shape index (κ1) is 16.1. The van der Waals surface area contributed by atoms with Crippen molar-refractivity contribution in [1.82, 2.24) is 4.98 Å². The van der Waals surface area contributed by atoms with Gasteiger partial charge in [-0.2, -0.15) is 0 Å². The van der Waals surface area contributed by atoms with Gasteiger partial charge in [-0.05, 0) is 45.0 Å². The molecule has 1 aromatic carbocycles. The fourth-order valence-corrected chi connectivity index (χ4v) is 3.26. The smallest absolute Gasteiger partial charge is 0.267 e. The normalized spacial score (nSPS) is 10.6. The van der Waals surface area contributed by atoms with E-state index in [1.165, 1.54) is 18.3 Å². The number of anilines is 1. The van der Waals surface area contributed by atoms with Gasteiger partial charge < -0.3 is 9.73 Å². The van der Waals surface area contributed by atoms with Crippen LogP contribution < -0.4 is 5.32 Å². The van der Waals surface area contributed by atoms with E-state index in [9.17, 15) is 9.59 Å². The predicted octanol–water partition coefficient (Wildman–Crippen LogP) is 4.47. The Morgan fingerprint density at radius 1 is 1.12 bits per heavy atom. The number of Topliss-reactive ketones (excluding diaryl/α,β-unsaturated/α-hetero) is 1. The van der Waals surface area contributed by atoms with Crippen molar-refractivity contribution < 1.29 is 14.0 Å². The van der Waals surface area contributed by atoms with Crippen molar-refractivity contribution >= 4 is 28.7 Å². The predicted molar refractivity (Wildman–Crippen MR) is 93.7 cm³/mol. The zero-order valence-electron chi connectivity index (χ0n) is 13.5. The second kappa shape index (κ2) is 6.41. The highest BCUT2D eigenvalue weighted by atomic mass is 32.1. The highest BCUT2D eigenvalue weighted by molar-refractivity contribution is 7.17. The van der Waals surface area contributed by atoms with Gasteiger partial charge in [0.1, 0.15) is 10.6 Å². The van der Waals surface area contributed by atoms with Crippen LogP contribution >= 0.6 is 11.3 Å². The van der Waals surface area contributed by atoms with Gasteiger partial charge >= 0.3 is 0 Å². The number of carbonyl (C=O) groups is 2. The number of benzene rings is 1. The Balaban J connectivity index is 1.89. The van der Waals surface area contributed by atoms with Gasteiger partial charge in [0.2, 0.25) is 0 Å². The minimum absolute atomic E-state index is 0.0984. The molecule has 24 heavy (non-hydrogen) atoms. The molecule has 122 valence electrons. The molecule has 0 atom stereocenters. The van der Waals surface area contributed by atoms with Crippen molar-refractivity contribution in [2.75, 3.05) is 5.32 Å². The molecule has 3 rings (SSSR count). The number of hydrogen-bond donors (Lipinski definition) is 1. The lowest BCUT2D eigenvalue weighted by Gasteiger charge is -2.08. The second-order valence-electron chi connectivity index (χ2n) is 5.40. The molecule has 0 fully saturated rings. The Bertz CT molecular complexity index is 924. The molecule has 0 aliphatic heterocycles. The Kier molecular flexibility index (Phi) is 4.31. The number of rotatable bonds is 4. The summed E-state index contributed by atoms with van der Waals surface area (Å²) < 4.78 is 5.56. The van der Waals surface area contributed by atoms with E-state index in [-0.39, 0.29) is 11.7 Å². The molecule has 6 heteroatoms. The summed E-state index contributed by atoms with van der Waals surface area (Å²) in [5.74, 6) is 1.05. The third-order valence-electron chi connectivity index (χ3n) is 3.51. The largest absolute Gasteiger partial charge is 0.459 e. The molecule has 0 radical (unpaired) electrons. The van der Waals surface area contributed by atoms with Gasteiger partial charge in [-0.15, -0.1) is 11.3 Å². The average Bonchev–Trinajstić information content (AvgIpc) is 3.13. The van der Waals surface area contributed by atoms with Gasteiger partial charge in [0.05, 0.1) is 11.4 Å². The number of nitrogens with zero attached hydrogens (tertiary/aromatic N) is 1. The summed E-state index contributed by atoms with van der Waals surface area (Å²) in [4.78, 5) is 29.2. The zero-order chi connectivity index (χ0) is 17.3. The molecule has 0 unspecified atom stereocenters. The third-order valence-corrected chi connectivity index (χ3v) is 4.68. The molecule has 0 saturated heterocycles. The number of furan rings is 1. The lowest BCUT2D eigenvalue weighted by atomic mass is 10.1. The summed E-state index contributed by atoms with van der Waals surface area (Å²) in [6.07, 6.45) is 0. The average molecular weight is 340 g/mol. The van der Waals surface area contributed by atoms with Gasteiger partial charge in [0.15, 0.2) is 16.6 Å². The lowest BCUT2D eigenvalue weighted by Crippen LogP contribution is -2.14. The maximum atomic E-state index is 12.6. The monoisotopic (exact) mass is 340 g/mol. The molecule has 0 aliphatic rings. The molecular weight excluding hydrogens is 324 g/mol. The van der Waals surface area contributed by atoms with Crippen molar-refractivity contribution in [2.45, 2.75) is 20.8 Å². The Labute approximate surface area is 143 Å². The van der Waals surface area contributed by atoms with Crippen LogP contribution in [0.3, 0.4) is 0 Å². The first-order valence-electron chi connectivity index (χ1n) is 7.41. The maximum absolute atomic E-state index is 12.6. The molecule has 0 spiro atoms. The fourth-order valence-electron chi connectivity index (χ4n) is 2.34.